The van der Waals surface area contributed by atoms with Gasteiger partial charge in [0.2, 0.25) is 0 Å². The number of hydrogen-bond donors (Lipinski definition) is 0. The first-order valence-electron chi connectivity index (χ1n) is 5.94. The predicted octanol–water partition coefficient (Wildman–Crippen LogP) is 3.26. The summed E-state index contributed by atoms with van der Waals surface area (Å²) < 4.78 is 2.25. The molecule has 0 saturated carbocycles. The molecule has 0 fully saturated rings. The van der Waals surface area contributed by atoms with Crippen LogP contribution in [0.15, 0.2) is 36.4 Å². The third kappa shape index (κ3) is 2.59. The Bertz CT molecular complexity index is 536. The molecule has 0 unspecified atom stereocenters. The van der Waals surface area contributed by atoms with Crippen LogP contribution in [0.4, 0.5) is 5.69 Å². The fourth-order valence-electron chi connectivity index (χ4n) is 2.08. The molecule has 0 atom stereocenters. The van der Waals surface area contributed by atoms with Crippen LogP contribution in [-0.2, 0) is 13.0 Å². The lowest BCUT2D eigenvalue weighted by Crippen LogP contribution is -2.04. The Morgan fingerprint density at radius 3 is 2.11 bits per heavy atom. The van der Waals surface area contributed by atoms with Crippen LogP contribution in [0, 0.1) is 24.0 Å². The van der Waals surface area contributed by atoms with Crippen molar-refractivity contribution in [3.8, 4) is 0 Å². The smallest absolute Gasteiger partial charge is 0.269 e. The Labute approximate surface area is 106 Å². The SMILES string of the molecule is Cc1ccc(C)n1CCc1ccc([N+](=O)[O-])cc1. The van der Waals surface area contributed by atoms with E-state index in [4.69, 9.17) is 0 Å². The zero-order valence-electron chi connectivity index (χ0n) is 10.6. The molecule has 0 spiro atoms. The first-order valence-corrected chi connectivity index (χ1v) is 5.94. The van der Waals surface area contributed by atoms with Gasteiger partial charge in [-0.1, -0.05) is 12.1 Å². The van der Waals surface area contributed by atoms with Gasteiger partial charge in [0.25, 0.3) is 5.69 Å². The van der Waals surface area contributed by atoms with Crippen molar-refractivity contribution in [1.29, 1.82) is 0 Å². The Balaban J connectivity index is 2.04. The maximum absolute atomic E-state index is 10.5. The van der Waals surface area contributed by atoms with Crippen molar-refractivity contribution in [3.63, 3.8) is 0 Å². The molecular weight excluding hydrogens is 228 g/mol. The van der Waals surface area contributed by atoms with Crippen LogP contribution < -0.4 is 0 Å². The summed E-state index contributed by atoms with van der Waals surface area (Å²) >= 11 is 0. The number of rotatable bonds is 4. The summed E-state index contributed by atoms with van der Waals surface area (Å²) in [6.45, 7) is 5.08. The van der Waals surface area contributed by atoms with Gasteiger partial charge in [0.15, 0.2) is 0 Å². The lowest BCUT2D eigenvalue weighted by atomic mass is 10.1. The van der Waals surface area contributed by atoms with Gasteiger partial charge in [0.05, 0.1) is 4.92 Å². The lowest BCUT2D eigenvalue weighted by molar-refractivity contribution is -0.384. The first kappa shape index (κ1) is 12.4. The Morgan fingerprint density at radius 1 is 1.06 bits per heavy atom. The minimum absolute atomic E-state index is 0.145. The van der Waals surface area contributed by atoms with E-state index in [0.29, 0.717) is 0 Å². The molecule has 4 heteroatoms. The number of non-ortho nitro benzene ring substituents is 1. The molecule has 1 aromatic heterocycles. The fraction of sp³-hybridized carbons (Fsp3) is 0.286. The molecule has 0 saturated heterocycles. The van der Waals surface area contributed by atoms with Gasteiger partial charge in [-0.15, -0.1) is 0 Å². The minimum atomic E-state index is -0.371. The summed E-state index contributed by atoms with van der Waals surface area (Å²) in [6.07, 6.45) is 0.883. The van der Waals surface area contributed by atoms with Crippen molar-refractivity contribution >= 4 is 5.69 Å². The van der Waals surface area contributed by atoms with E-state index >= 15 is 0 Å². The van der Waals surface area contributed by atoms with Crippen LogP contribution in [-0.4, -0.2) is 9.49 Å². The van der Waals surface area contributed by atoms with E-state index in [1.807, 2.05) is 12.1 Å². The highest BCUT2D eigenvalue weighted by atomic mass is 16.6. The van der Waals surface area contributed by atoms with Gasteiger partial charge in [0, 0.05) is 30.1 Å². The third-order valence-electron chi connectivity index (χ3n) is 3.19. The van der Waals surface area contributed by atoms with Gasteiger partial charge in [-0.3, -0.25) is 10.1 Å². The largest absolute Gasteiger partial charge is 0.349 e. The monoisotopic (exact) mass is 244 g/mol. The molecule has 2 rings (SSSR count). The minimum Gasteiger partial charge on any atom is -0.349 e. The van der Waals surface area contributed by atoms with E-state index in [1.165, 1.54) is 11.4 Å². The molecule has 0 amide bonds. The lowest BCUT2D eigenvalue weighted by Gasteiger charge is -2.09. The average Bonchev–Trinajstić information content (AvgIpc) is 2.67. The second kappa shape index (κ2) is 5.04. The average molecular weight is 244 g/mol. The van der Waals surface area contributed by atoms with Gasteiger partial charge in [-0.05, 0) is 38.0 Å². The van der Waals surface area contributed by atoms with Crippen LogP contribution in [0.5, 0.6) is 0 Å². The van der Waals surface area contributed by atoms with Gasteiger partial charge in [-0.2, -0.15) is 0 Å². The maximum atomic E-state index is 10.5. The van der Waals surface area contributed by atoms with E-state index in [-0.39, 0.29) is 10.6 Å². The number of benzene rings is 1. The first-order chi connectivity index (χ1) is 8.58. The zero-order chi connectivity index (χ0) is 13.1. The number of aromatic nitrogens is 1. The van der Waals surface area contributed by atoms with Crippen molar-refractivity contribution in [2.24, 2.45) is 0 Å². The summed E-state index contributed by atoms with van der Waals surface area (Å²) in [4.78, 5) is 10.2. The van der Waals surface area contributed by atoms with Crippen molar-refractivity contribution in [2.45, 2.75) is 26.8 Å². The number of nitro groups is 1. The fourth-order valence-corrected chi connectivity index (χ4v) is 2.08. The number of nitrogens with zero attached hydrogens (tertiary/aromatic N) is 2. The van der Waals surface area contributed by atoms with Gasteiger partial charge < -0.3 is 4.57 Å². The molecule has 2 aromatic rings. The quantitative estimate of drug-likeness (QED) is 0.612. The predicted molar refractivity (Wildman–Crippen MR) is 70.7 cm³/mol. The van der Waals surface area contributed by atoms with Crippen LogP contribution in [0.3, 0.4) is 0 Å². The molecular formula is C14H16N2O2. The highest BCUT2D eigenvalue weighted by molar-refractivity contribution is 5.33. The van der Waals surface area contributed by atoms with Crippen LogP contribution in [0.1, 0.15) is 17.0 Å². The third-order valence-corrected chi connectivity index (χ3v) is 3.19. The van der Waals surface area contributed by atoms with E-state index < -0.39 is 0 Å². The number of aryl methyl sites for hydroxylation is 3. The van der Waals surface area contributed by atoms with Crippen molar-refractivity contribution in [2.75, 3.05) is 0 Å². The van der Waals surface area contributed by atoms with Crippen molar-refractivity contribution in [3.05, 3.63) is 63.5 Å². The Morgan fingerprint density at radius 2 is 1.61 bits per heavy atom. The highest BCUT2D eigenvalue weighted by Gasteiger charge is 2.05. The Hall–Kier alpha value is -2.10. The second-order valence-electron chi connectivity index (χ2n) is 4.44. The van der Waals surface area contributed by atoms with Crippen LogP contribution >= 0.6 is 0 Å². The molecule has 0 aliphatic rings. The summed E-state index contributed by atoms with van der Waals surface area (Å²) in [6, 6.07) is 11.0. The maximum Gasteiger partial charge on any atom is 0.269 e. The molecule has 18 heavy (non-hydrogen) atoms. The Kier molecular flexibility index (Phi) is 3.46. The van der Waals surface area contributed by atoms with Crippen molar-refractivity contribution in [1.82, 2.24) is 4.57 Å². The topological polar surface area (TPSA) is 48.1 Å². The molecule has 94 valence electrons. The molecule has 1 heterocycles. The van der Waals surface area contributed by atoms with Gasteiger partial charge in [-0.25, -0.2) is 0 Å². The molecule has 0 aliphatic carbocycles. The molecule has 0 N–H and O–H groups in total. The summed E-state index contributed by atoms with van der Waals surface area (Å²) in [5.41, 5.74) is 3.75. The van der Waals surface area contributed by atoms with E-state index in [1.54, 1.807) is 12.1 Å². The van der Waals surface area contributed by atoms with Crippen LogP contribution in [0.25, 0.3) is 0 Å². The van der Waals surface area contributed by atoms with Crippen LogP contribution in [0.2, 0.25) is 0 Å². The molecule has 1 aromatic carbocycles. The summed E-state index contributed by atoms with van der Waals surface area (Å²) in [5.74, 6) is 0. The summed E-state index contributed by atoms with van der Waals surface area (Å²) in [7, 11) is 0. The standard InChI is InChI=1S/C14H16N2O2/c1-11-3-4-12(2)15(11)10-9-13-5-7-14(8-6-13)16(17)18/h3-8H,9-10H2,1-2H3. The molecule has 0 aliphatic heterocycles. The molecule has 0 bridgehead atoms. The second-order valence-corrected chi connectivity index (χ2v) is 4.44. The number of hydrogen-bond acceptors (Lipinski definition) is 2. The van der Waals surface area contributed by atoms with E-state index in [9.17, 15) is 10.1 Å². The molecule has 4 nitrogen and oxygen atoms in total. The summed E-state index contributed by atoms with van der Waals surface area (Å²) in [5, 5.41) is 10.5. The highest BCUT2D eigenvalue weighted by Crippen LogP contribution is 2.14. The van der Waals surface area contributed by atoms with Gasteiger partial charge in [0.1, 0.15) is 0 Å². The normalized spacial score (nSPS) is 10.6. The van der Waals surface area contributed by atoms with Crippen molar-refractivity contribution < 1.29 is 4.92 Å². The zero-order valence-corrected chi connectivity index (χ0v) is 10.6. The van der Waals surface area contributed by atoms with Gasteiger partial charge >= 0.3 is 0 Å². The van der Waals surface area contributed by atoms with E-state index in [2.05, 4.69) is 30.5 Å². The molecule has 0 radical (unpaired) electrons. The van der Waals surface area contributed by atoms with E-state index in [0.717, 1.165) is 18.5 Å². The number of nitro benzene ring substituents is 1.